The van der Waals surface area contributed by atoms with Gasteiger partial charge in [-0.25, -0.2) is 4.39 Å². The van der Waals surface area contributed by atoms with Gasteiger partial charge in [0.05, 0.1) is 6.61 Å². The van der Waals surface area contributed by atoms with Crippen molar-refractivity contribution in [2.24, 2.45) is 0 Å². The van der Waals surface area contributed by atoms with Crippen molar-refractivity contribution < 1.29 is 9.50 Å². The maximum Gasteiger partial charge on any atom is 0.162 e. The van der Waals surface area contributed by atoms with Gasteiger partial charge in [0, 0.05) is 6.42 Å². The molecule has 0 aliphatic carbocycles. The molecule has 0 radical (unpaired) electrons. The van der Waals surface area contributed by atoms with Crippen molar-refractivity contribution in [3.05, 3.63) is 96.1 Å². The van der Waals surface area contributed by atoms with Crippen LogP contribution in [0.1, 0.15) is 11.1 Å². The number of benzene rings is 3. The molecular weight excluding hydrogens is 287 g/mol. The van der Waals surface area contributed by atoms with Crippen LogP contribution in [0.15, 0.2) is 84.9 Å². The lowest BCUT2D eigenvalue weighted by molar-refractivity contribution is 0.0689. The van der Waals surface area contributed by atoms with Crippen molar-refractivity contribution >= 4 is 0 Å². The van der Waals surface area contributed by atoms with Gasteiger partial charge in [-0.15, -0.1) is 0 Å². The molecule has 0 aromatic heterocycles. The second-order valence-corrected chi connectivity index (χ2v) is 5.73. The zero-order valence-corrected chi connectivity index (χ0v) is 12.8. The molecule has 0 fully saturated rings. The summed E-state index contributed by atoms with van der Waals surface area (Å²) in [7, 11) is 0. The van der Waals surface area contributed by atoms with E-state index in [1.807, 2.05) is 72.8 Å². The van der Waals surface area contributed by atoms with Gasteiger partial charge in [0.1, 0.15) is 0 Å². The van der Waals surface area contributed by atoms with E-state index in [0.29, 0.717) is 5.56 Å². The van der Waals surface area contributed by atoms with E-state index in [1.54, 1.807) is 12.1 Å². The molecule has 3 rings (SSSR count). The van der Waals surface area contributed by atoms with Crippen LogP contribution in [0.5, 0.6) is 0 Å². The molecule has 0 amide bonds. The SMILES string of the molecule is OC[C@](F)(Cc1ccccc1)c1ccc(-c2ccccc2)cc1. The van der Waals surface area contributed by atoms with Gasteiger partial charge in [-0.05, 0) is 22.3 Å². The molecule has 0 aliphatic rings. The summed E-state index contributed by atoms with van der Waals surface area (Å²) >= 11 is 0. The van der Waals surface area contributed by atoms with Crippen LogP contribution >= 0.6 is 0 Å². The predicted molar refractivity (Wildman–Crippen MR) is 91.9 cm³/mol. The van der Waals surface area contributed by atoms with Gasteiger partial charge in [0.25, 0.3) is 0 Å². The molecule has 0 spiro atoms. The third-order valence-corrected chi connectivity index (χ3v) is 4.09. The highest BCUT2D eigenvalue weighted by molar-refractivity contribution is 5.63. The summed E-state index contributed by atoms with van der Waals surface area (Å²) in [6.07, 6.45) is 0.162. The first-order valence-corrected chi connectivity index (χ1v) is 7.71. The Balaban J connectivity index is 1.87. The molecule has 23 heavy (non-hydrogen) atoms. The predicted octanol–water partition coefficient (Wildman–Crippen LogP) is 4.75. The highest BCUT2D eigenvalue weighted by atomic mass is 19.1. The molecule has 1 atom stereocenters. The Morgan fingerprint density at radius 2 is 1.22 bits per heavy atom. The molecule has 116 valence electrons. The maximum atomic E-state index is 15.2. The fraction of sp³-hybridized carbons (Fsp3) is 0.143. The van der Waals surface area contributed by atoms with Crippen LogP contribution in [-0.2, 0) is 12.1 Å². The molecule has 0 aliphatic heterocycles. The molecular formula is C21H19FO. The van der Waals surface area contributed by atoms with E-state index >= 15 is 4.39 Å². The second-order valence-electron chi connectivity index (χ2n) is 5.73. The lowest BCUT2D eigenvalue weighted by Crippen LogP contribution is -2.27. The van der Waals surface area contributed by atoms with Crippen molar-refractivity contribution in [2.45, 2.75) is 12.1 Å². The average Bonchev–Trinajstić information content (AvgIpc) is 2.63. The van der Waals surface area contributed by atoms with Crippen molar-refractivity contribution in [3.8, 4) is 11.1 Å². The zero-order chi connectivity index (χ0) is 16.1. The Morgan fingerprint density at radius 1 is 0.696 bits per heavy atom. The molecule has 0 saturated heterocycles. The van der Waals surface area contributed by atoms with Crippen LogP contribution < -0.4 is 0 Å². The van der Waals surface area contributed by atoms with Crippen molar-refractivity contribution in [3.63, 3.8) is 0 Å². The highest BCUT2D eigenvalue weighted by Crippen LogP contribution is 2.31. The summed E-state index contributed by atoms with van der Waals surface area (Å²) in [5, 5.41) is 9.61. The van der Waals surface area contributed by atoms with Crippen LogP contribution in [-0.4, -0.2) is 11.7 Å². The van der Waals surface area contributed by atoms with Crippen LogP contribution in [0.3, 0.4) is 0 Å². The third kappa shape index (κ3) is 3.49. The Bertz CT molecular complexity index is 738. The van der Waals surface area contributed by atoms with Crippen LogP contribution in [0, 0.1) is 0 Å². The number of aliphatic hydroxyl groups excluding tert-OH is 1. The Morgan fingerprint density at radius 3 is 1.78 bits per heavy atom. The third-order valence-electron chi connectivity index (χ3n) is 4.09. The summed E-state index contributed by atoms with van der Waals surface area (Å²) in [6.45, 7) is -0.535. The van der Waals surface area contributed by atoms with E-state index in [-0.39, 0.29) is 6.42 Å². The minimum atomic E-state index is -1.77. The molecule has 0 bridgehead atoms. The second kappa shape index (κ2) is 6.76. The number of aliphatic hydroxyl groups is 1. The molecule has 3 aromatic rings. The Hall–Kier alpha value is -2.45. The first-order chi connectivity index (χ1) is 11.2. The van der Waals surface area contributed by atoms with Crippen LogP contribution in [0.4, 0.5) is 4.39 Å². The topological polar surface area (TPSA) is 20.2 Å². The van der Waals surface area contributed by atoms with Crippen molar-refractivity contribution in [1.82, 2.24) is 0 Å². The monoisotopic (exact) mass is 306 g/mol. The standard InChI is InChI=1S/C21H19FO/c22-21(16-23,15-17-7-3-1-4-8-17)20-13-11-19(12-14-20)18-9-5-2-6-10-18/h1-14,23H,15-16H2/t21-/m1/s1. The fourth-order valence-electron chi connectivity index (χ4n) is 2.76. The van der Waals surface area contributed by atoms with Gasteiger partial charge in [-0.3, -0.25) is 0 Å². The number of hydrogen-bond acceptors (Lipinski definition) is 1. The maximum absolute atomic E-state index is 15.2. The van der Waals surface area contributed by atoms with E-state index in [1.165, 1.54) is 0 Å². The minimum absolute atomic E-state index is 0.162. The first-order valence-electron chi connectivity index (χ1n) is 7.71. The summed E-state index contributed by atoms with van der Waals surface area (Å²) in [5.41, 5.74) is 1.74. The van der Waals surface area contributed by atoms with Gasteiger partial charge < -0.3 is 5.11 Å². The summed E-state index contributed by atoms with van der Waals surface area (Å²) in [4.78, 5) is 0. The van der Waals surface area contributed by atoms with Crippen LogP contribution in [0.25, 0.3) is 11.1 Å². The van der Waals surface area contributed by atoms with E-state index in [2.05, 4.69) is 0 Å². The van der Waals surface area contributed by atoms with E-state index in [9.17, 15) is 5.11 Å². The molecule has 0 heterocycles. The minimum Gasteiger partial charge on any atom is -0.393 e. The largest absolute Gasteiger partial charge is 0.393 e. The summed E-state index contributed by atoms with van der Waals surface area (Å²) in [6, 6.07) is 26.7. The number of halogens is 1. The highest BCUT2D eigenvalue weighted by Gasteiger charge is 2.31. The van der Waals surface area contributed by atoms with E-state index < -0.39 is 12.3 Å². The number of hydrogen-bond donors (Lipinski definition) is 1. The quantitative estimate of drug-likeness (QED) is 0.721. The Kier molecular flexibility index (Phi) is 4.54. The van der Waals surface area contributed by atoms with Gasteiger partial charge in [0.15, 0.2) is 5.67 Å². The molecule has 0 unspecified atom stereocenters. The fourth-order valence-corrected chi connectivity index (χ4v) is 2.76. The molecule has 2 heteroatoms. The van der Waals surface area contributed by atoms with Crippen molar-refractivity contribution in [1.29, 1.82) is 0 Å². The summed E-state index contributed by atoms with van der Waals surface area (Å²) in [5.74, 6) is 0. The normalized spacial score (nSPS) is 13.5. The Labute approximate surface area is 136 Å². The average molecular weight is 306 g/mol. The lowest BCUT2D eigenvalue weighted by Gasteiger charge is -2.24. The smallest absolute Gasteiger partial charge is 0.162 e. The van der Waals surface area contributed by atoms with E-state index in [0.717, 1.165) is 16.7 Å². The van der Waals surface area contributed by atoms with E-state index in [4.69, 9.17) is 0 Å². The van der Waals surface area contributed by atoms with Crippen molar-refractivity contribution in [2.75, 3.05) is 6.61 Å². The van der Waals surface area contributed by atoms with Gasteiger partial charge in [-0.1, -0.05) is 84.9 Å². The lowest BCUT2D eigenvalue weighted by atomic mass is 9.88. The van der Waals surface area contributed by atoms with Crippen LogP contribution in [0.2, 0.25) is 0 Å². The van der Waals surface area contributed by atoms with Gasteiger partial charge in [0.2, 0.25) is 0 Å². The molecule has 3 aromatic carbocycles. The molecule has 0 saturated carbocycles. The zero-order valence-electron chi connectivity index (χ0n) is 12.8. The molecule has 1 N–H and O–H groups in total. The number of alkyl halides is 1. The van der Waals surface area contributed by atoms with Gasteiger partial charge >= 0.3 is 0 Å². The molecule has 1 nitrogen and oxygen atoms in total. The van der Waals surface area contributed by atoms with Gasteiger partial charge in [-0.2, -0.15) is 0 Å². The first kappa shape index (κ1) is 15.4. The number of rotatable bonds is 5. The summed E-state index contributed by atoms with van der Waals surface area (Å²) < 4.78 is 15.2.